The molecule has 2 aromatic rings. The summed E-state index contributed by atoms with van der Waals surface area (Å²) in [5.41, 5.74) is 16.8. The van der Waals surface area contributed by atoms with E-state index in [-0.39, 0.29) is 12.4 Å². The lowest BCUT2D eigenvalue weighted by Crippen LogP contribution is -2.46. The van der Waals surface area contributed by atoms with Gasteiger partial charge in [0.1, 0.15) is 11.7 Å². The molecule has 5 rings (SSSR count). The highest BCUT2D eigenvalue weighted by Gasteiger charge is 2.22. The van der Waals surface area contributed by atoms with Crippen LogP contribution in [-0.4, -0.2) is 49.9 Å². The highest BCUT2D eigenvalue weighted by atomic mass is 35.5. The van der Waals surface area contributed by atoms with Crippen LogP contribution in [0.3, 0.4) is 0 Å². The fourth-order valence-electron chi connectivity index (χ4n) is 3.86. The summed E-state index contributed by atoms with van der Waals surface area (Å²) < 4.78 is 0. The lowest BCUT2D eigenvalue weighted by molar-refractivity contribution is 0.653. The third-order valence-electron chi connectivity index (χ3n) is 6.07. The minimum atomic E-state index is 0. The van der Waals surface area contributed by atoms with Gasteiger partial charge in [0.25, 0.3) is 0 Å². The van der Waals surface area contributed by atoms with Crippen LogP contribution in [0.4, 0.5) is 11.4 Å². The summed E-state index contributed by atoms with van der Waals surface area (Å²) in [5, 5.41) is 0. The number of rotatable bonds is 6. The molecular formula is C24H31ClN6. The van der Waals surface area contributed by atoms with Gasteiger partial charge in [0.15, 0.2) is 0 Å². The van der Waals surface area contributed by atoms with Crippen molar-refractivity contribution in [2.45, 2.75) is 37.8 Å². The minimum absolute atomic E-state index is 0. The number of nitrogens with zero attached hydrogens (tertiary/aromatic N) is 4. The quantitative estimate of drug-likeness (QED) is 0.536. The van der Waals surface area contributed by atoms with E-state index in [1.165, 1.54) is 37.1 Å². The summed E-state index contributed by atoms with van der Waals surface area (Å²) in [6.07, 6.45) is 4.70. The van der Waals surface area contributed by atoms with Gasteiger partial charge in [-0.25, -0.2) is 0 Å². The predicted octanol–water partition coefficient (Wildman–Crippen LogP) is 3.17. The lowest BCUT2D eigenvalue weighted by Gasteiger charge is -2.37. The molecule has 0 atom stereocenters. The summed E-state index contributed by atoms with van der Waals surface area (Å²) in [4.78, 5) is 13.9. The topological polar surface area (TPSA) is 83.2 Å². The number of anilines is 2. The van der Waals surface area contributed by atoms with Gasteiger partial charge in [-0.2, -0.15) is 0 Å². The van der Waals surface area contributed by atoms with Crippen molar-refractivity contribution < 1.29 is 0 Å². The number of hydrogen-bond donors (Lipinski definition) is 2. The average molecular weight is 439 g/mol. The molecule has 2 aromatic carbocycles. The van der Waals surface area contributed by atoms with E-state index in [0.717, 1.165) is 37.3 Å². The molecule has 3 aliphatic rings. The van der Waals surface area contributed by atoms with E-state index in [0.29, 0.717) is 23.8 Å². The van der Waals surface area contributed by atoms with Crippen molar-refractivity contribution in [1.29, 1.82) is 0 Å². The molecule has 164 valence electrons. The molecule has 2 saturated carbocycles. The van der Waals surface area contributed by atoms with Crippen LogP contribution in [-0.2, 0) is 0 Å². The minimum Gasteiger partial charge on any atom is -0.383 e. The molecule has 0 aromatic heterocycles. The van der Waals surface area contributed by atoms with E-state index in [2.05, 4.69) is 68.3 Å². The molecule has 2 aliphatic carbocycles. The largest absolute Gasteiger partial charge is 0.383 e. The highest BCUT2D eigenvalue weighted by Crippen LogP contribution is 2.26. The summed E-state index contributed by atoms with van der Waals surface area (Å²) in [6.45, 7) is 3.99. The summed E-state index contributed by atoms with van der Waals surface area (Å²) in [7, 11) is 0. The summed E-state index contributed by atoms with van der Waals surface area (Å²) in [6, 6.07) is 17.9. The van der Waals surface area contributed by atoms with Crippen LogP contribution in [0.25, 0.3) is 0 Å². The van der Waals surface area contributed by atoms with Crippen molar-refractivity contribution in [3.63, 3.8) is 0 Å². The highest BCUT2D eigenvalue weighted by molar-refractivity contribution is 5.98. The predicted molar refractivity (Wildman–Crippen MR) is 132 cm³/mol. The van der Waals surface area contributed by atoms with E-state index in [4.69, 9.17) is 11.5 Å². The lowest BCUT2D eigenvalue weighted by atomic mass is 10.1. The molecule has 31 heavy (non-hydrogen) atoms. The third kappa shape index (κ3) is 5.31. The average Bonchev–Trinajstić information content (AvgIpc) is 3.72. The van der Waals surface area contributed by atoms with E-state index < -0.39 is 0 Å². The van der Waals surface area contributed by atoms with Crippen LogP contribution in [0.2, 0.25) is 0 Å². The van der Waals surface area contributed by atoms with Crippen molar-refractivity contribution in [2.75, 3.05) is 36.0 Å². The van der Waals surface area contributed by atoms with Gasteiger partial charge in [0, 0.05) is 48.7 Å². The molecule has 1 heterocycles. The van der Waals surface area contributed by atoms with Gasteiger partial charge in [-0.3, -0.25) is 9.98 Å². The first-order valence-electron chi connectivity index (χ1n) is 11.0. The van der Waals surface area contributed by atoms with Gasteiger partial charge >= 0.3 is 0 Å². The number of hydrogen-bond acceptors (Lipinski definition) is 4. The van der Waals surface area contributed by atoms with Gasteiger partial charge in [-0.15, -0.1) is 12.4 Å². The van der Waals surface area contributed by atoms with Crippen molar-refractivity contribution in [2.24, 2.45) is 21.5 Å². The maximum absolute atomic E-state index is 6.12. The van der Waals surface area contributed by atoms with E-state index >= 15 is 0 Å². The number of piperazine rings is 1. The molecule has 7 heteroatoms. The third-order valence-corrected chi connectivity index (χ3v) is 6.07. The van der Waals surface area contributed by atoms with Crippen LogP contribution < -0.4 is 21.3 Å². The SMILES string of the molecule is Cl.NC(=NC1CC1)c1ccc(N2CCN(c3ccc(C(N)=NC4CC4)cc3)CC2)cc1. The van der Waals surface area contributed by atoms with Crippen LogP contribution in [0.5, 0.6) is 0 Å². The fourth-order valence-corrected chi connectivity index (χ4v) is 3.86. The van der Waals surface area contributed by atoms with Crippen LogP contribution in [0.15, 0.2) is 58.5 Å². The van der Waals surface area contributed by atoms with Crippen molar-refractivity contribution in [3.8, 4) is 0 Å². The molecule has 0 unspecified atom stereocenters. The molecule has 1 aliphatic heterocycles. The first-order valence-corrected chi connectivity index (χ1v) is 11.0. The van der Waals surface area contributed by atoms with Gasteiger partial charge in [-0.05, 0) is 74.2 Å². The number of nitrogens with two attached hydrogens (primary N) is 2. The Balaban J connectivity index is 0.00000231. The number of halogens is 1. The number of amidine groups is 2. The second-order valence-electron chi connectivity index (χ2n) is 8.56. The second-order valence-corrected chi connectivity index (χ2v) is 8.56. The van der Waals surface area contributed by atoms with Crippen LogP contribution in [0, 0.1) is 0 Å². The zero-order valence-electron chi connectivity index (χ0n) is 17.8. The van der Waals surface area contributed by atoms with Crippen molar-refractivity contribution in [3.05, 3.63) is 59.7 Å². The Morgan fingerprint density at radius 1 is 0.613 bits per heavy atom. The van der Waals surface area contributed by atoms with Crippen molar-refractivity contribution in [1.82, 2.24) is 0 Å². The first kappa shape index (κ1) is 21.5. The van der Waals surface area contributed by atoms with Gasteiger partial charge in [0.2, 0.25) is 0 Å². The Labute approximate surface area is 190 Å². The number of benzene rings is 2. The zero-order valence-corrected chi connectivity index (χ0v) is 18.6. The Bertz CT molecular complexity index is 858. The van der Waals surface area contributed by atoms with Gasteiger partial charge in [-0.1, -0.05) is 0 Å². The Hall–Kier alpha value is -2.73. The van der Waals surface area contributed by atoms with E-state index in [9.17, 15) is 0 Å². The molecule has 1 saturated heterocycles. The number of aliphatic imine (C=N–C) groups is 2. The second kappa shape index (κ2) is 9.18. The van der Waals surface area contributed by atoms with Crippen LogP contribution in [0.1, 0.15) is 36.8 Å². The molecule has 0 radical (unpaired) electrons. The summed E-state index contributed by atoms with van der Waals surface area (Å²) in [5.74, 6) is 1.33. The molecule has 0 spiro atoms. The van der Waals surface area contributed by atoms with E-state index in [1.54, 1.807) is 0 Å². The van der Waals surface area contributed by atoms with Crippen LogP contribution >= 0.6 is 12.4 Å². The standard InChI is InChI=1S/C24H30N6.ClH/c25-23(27-19-5-6-19)17-1-9-21(10-2-17)29-13-15-30(16-14-29)22-11-3-18(4-12-22)24(26)28-20-7-8-20;/h1-4,9-12,19-20H,5-8,13-16H2,(H2,25,27)(H2,26,28);1H. The normalized spacial score (nSPS) is 19.9. The maximum Gasteiger partial charge on any atom is 0.125 e. The monoisotopic (exact) mass is 438 g/mol. The molecule has 0 amide bonds. The smallest absolute Gasteiger partial charge is 0.125 e. The fraction of sp³-hybridized carbons (Fsp3) is 0.417. The Morgan fingerprint density at radius 3 is 1.23 bits per heavy atom. The van der Waals surface area contributed by atoms with Gasteiger partial charge in [0.05, 0.1) is 12.1 Å². The van der Waals surface area contributed by atoms with E-state index in [1.807, 2.05) is 0 Å². The maximum atomic E-state index is 6.12. The molecule has 6 nitrogen and oxygen atoms in total. The Kier molecular flexibility index (Phi) is 6.37. The molecule has 4 N–H and O–H groups in total. The van der Waals surface area contributed by atoms with Crippen molar-refractivity contribution >= 4 is 35.5 Å². The molecule has 0 bridgehead atoms. The van der Waals surface area contributed by atoms with Gasteiger partial charge < -0.3 is 21.3 Å². The molecular weight excluding hydrogens is 408 g/mol. The molecule has 3 fully saturated rings. The summed E-state index contributed by atoms with van der Waals surface area (Å²) >= 11 is 0. The zero-order chi connectivity index (χ0) is 20.5. The Morgan fingerprint density at radius 2 is 0.935 bits per heavy atom. The first-order chi connectivity index (χ1) is 14.7.